The number of nitrogens with two attached hydrogens (primary N) is 3. The summed E-state index contributed by atoms with van der Waals surface area (Å²) in [6.07, 6.45) is 2.39. The lowest BCUT2D eigenvalue weighted by atomic mass is 9.96. The summed E-state index contributed by atoms with van der Waals surface area (Å²) in [5.74, 6) is -1.56. The van der Waals surface area contributed by atoms with Crippen LogP contribution in [0.5, 0.6) is 0 Å². The van der Waals surface area contributed by atoms with E-state index in [1.807, 2.05) is 13.0 Å². The number of hydrogen-bond acceptors (Lipinski definition) is 5. The summed E-state index contributed by atoms with van der Waals surface area (Å²) in [5, 5.41) is 8.06. The number of rotatable bonds is 6. The van der Waals surface area contributed by atoms with Crippen molar-refractivity contribution in [1.82, 2.24) is 0 Å². The first-order valence-corrected chi connectivity index (χ1v) is 11.0. The summed E-state index contributed by atoms with van der Waals surface area (Å²) in [7, 11) is -4.41. The van der Waals surface area contributed by atoms with E-state index in [1.54, 1.807) is 48.5 Å². The van der Waals surface area contributed by atoms with Gasteiger partial charge in [-0.1, -0.05) is 42.5 Å². The minimum Gasteiger partial charge on any atom is -0.398 e. The molecule has 0 unspecified atom stereocenters. The smallest absolute Gasteiger partial charge is 0.252 e. The van der Waals surface area contributed by atoms with Crippen LogP contribution in [0.1, 0.15) is 21.5 Å². The molecule has 0 aliphatic rings. The summed E-state index contributed by atoms with van der Waals surface area (Å²) < 4.78 is 24.7. The van der Waals surface area contributed by atoms with Crippen molar-refractivity contribution in [3.63, 3.8) is 0 Å². The Morgan fingerprint density at radius 2 is 1.69 bits per heavy atom. The predicted octanol–water partition coefficient (Wildman–Crippen LogP) is 2.64. The topological polar surface area (TPSA) is 158 Å². The lowest BCUT2D eigenvalue weighted by Crippen LogP contribution is -2.24. The molecule has 3 rings (SSSR count). The van der Waals surface area contributed by atoms with Crippen molar-refractivity contribution in [2.45, 2.75) is 11.8 Å². The zero-order valence-corrected chi connectivity index (χ0v) is 18.0. The molecule has 9 heteroatoms. The molecule has 0 bridgehead atoms. The van der Waals surface area contributed by atoms with Gasteiger partial charge in [0.05, 0.1) is 11.3 Å². The normalized spacial score (nSPS) is 11.4. The van der Waals surface area contributed by atoms with Gasteiger partial charge in [-0.15, -0.1) is 0 Å². The molecule has 3 aromatic rings. The van der Waals surface area contributed by atoms with Gasteiger partial charge in [0.2, 0.25) is 15.9 Å². The van der Waals surface area contributed by atoms with Gasteiger partial charge in [-0.2, -0.15) is 0 Å². The molecule has 0 atom stereocenters. The Balaban J connectivity index is 2.14. The van der Waals surface area contributed by atoms with Crippen LogP contribution in [-0.2, 0) is 14.8 Å². The maximum absolute atomic E-state index is 12.4. The van der Waals surface area contributed by atoms with Crippen molar-refractivity contribution in [3.05, 3.63) is 83.4 Å². The van der Waals surface area contributed by atoms with Crippen LogP contribution in [0.25, 0.3) is 17.2 Å². The molecular weight excluding hydrogens is 428 g/mol. The van der Waals surface area contributed by atoms with Gasteiger partial charge in [0.25, 0.3) is 5.91 Å². The molecule has 0 saturated heterocycles. The van der Waals surface area contributed by atoms with Crippen molar-refractivity contribution in [1.29, 1.82) is 0 Å². The Hall–Kier alpha value is -3.95. The van der Waals surface area contributed by atoms with E-state index in [-0.39, 0.29) is 11.3 Å². The highest BCUT2D eigenvalue weighted by atomic mass is 32.2. The quantitative estimate of drug-likeness (QED) is 0.335. The molecule has 0 heterocycles. The first kappa shape index (κ1) is 22.7. The predicted molar refractivity (Wildman–Crippen MR) is 125 cm³/mol. The SMILES string of the molecule is Cc1cccc(NC(=O)C=Cc2cc(-c3ccccc3)c(N)c(C(N)=O)c2S(N)(=O)=O)c1. The van der Waals surface area contributed by atoms with Crippen molar-refractivity contribution in [2.75, 3.05) is 11.1 Å². The molecule has 0 radical (unpaired) electrons. The highest BCUT2D eigenvalue weighted by molar-refractivity contribution is 7.89. The molecule has 0 aliphatic carbocycles. The number of sulfonamides is 1. The molecule has 3 aromatic carbocycles. The van der Waals surface area contributed by atoms with Crippen LogP contribution in [0.3, 0.4) is 0 Å². The van der Waals surface area contributed by atoms with Crippen LogP contribution in [0, 0.1) is 6.92 Å². The van der Waals surface area contributed by atoms with Crippen molar-refractivity contribution in [2.24, 2.45) is 10.9 Å². The number of amides is 2. The summed E-state index contributed by atoms with van der Waals surface area (Å²) >= 11 is 0. The third-order valence-corrected chi connectivity index (χ3v) is 5.67. The number of aryl methyl sites for hydroxylation is 1. The van der Waals surface area contributed by atoms with Gasteiger partial charge in [-0.05, 0) is 47.9 Å². The number of primary sulfonamides is 1. The Labute approximate surface area is 185 Å². The van der Waals surface area contributed by atoms with Crippen LogP contribution in [-0.4, -0.2) is 20.2 Å². The molecule has 164 valence electrons. The molecule has 0 spiro atoms. The Bertz CT molecular complexity index is 1330. The maximum Gasteiger partial charge on any atom is 0.252 e. The average Bonchev–Trinajstić information content (AvgIpc) is 2.72. The van der Waals surface area contributed by atoms with Crippen LogP contribution >= 0.6 is 0 Å². The second kappa shape index (κ2) is 9.04. The summed E-state index contributed by atoms with van der Waals surface area (Å²) in [4.78, 5) is 24.0. The minimum atomic E-state index is -4.41. The van der Waals surface area contributed by atoms with Crippen LogP contribution in [0.4, 0.5) is 11.4 Å². The molecule has 7 N–H and O–H groups in total. The molecule has 8 nitrogen and oxygen atoms in total. The fraction of sp³-hybridized carbons (Fsp3) is 0.0435. The fourth-order valence-corrected chi connectivity index (χ4v) is 4.25. The van der Waals surface area contributed by atoms with Gasteiger partial charge in [0, 0.05) is 17.3 Å². The third kappa shape index (κ3) is 5.02. The van der Waals surface area contributed by atoms with Crippen LogP contribution in [0.2, 0.25) is 0 Å². The highest BCUT2D eigenvalue weighted by Crippen LogP contribution is 2.35. The highest BCUT2D eigenvalue weighted by Gasteiger charge is 2.26. The number of carbonyl (C=O) groups is 2. The van der Waals surface area contributed by atoms with E-state index in [9.17, 15) is 18.0 Å². The summed E-state index contributed by atoms with van der Waals surface area (Å²) in [6.45, 7) is 1.88. The zero-order chi connectivity index (χ0) is 23.5. The van der Waals surface area contributed by atoms with Crippen molar-refractivity contribution < 1.29 is 18.0 Å². The number of hydrogen-bond donors (Lipinski definition) is 4. The summed E-state index contributed by atoms with van der Waals surface area (Å²) in [5.41, 5.74) is 13.6. The maximum atomic E-state index is 12.4. The second-order valence-corrected chi connectivity index (χ2v) is 8.60. The van der Waals surface area contributed by atoms with E-state index in [1.165, 1.54) is 12.1 Å². The van der Waals surface area contributed by atoms with E-state index in [2.05, 4.69) is 5.32 Å². The molecule has 0 saturated carbocycles. The van der Waals surface area contributed by atoms with Gasteiger partial charge in [-0.3, -0.25) is 9.59 Å². The monoisotopic (exact) mass is 450 g/mol. The van der Waals surface area contributed by atoms with E-state index in [0.29, 0.717) is 16.8 Å². The number of anilines is 2. The standard InChI is InChI=1S/C23H22N4O4S/c1-14-6-5-9-17(12-14)27-19(28)11-10-16-13-18(15-7-3-2-4-8-15)21(24)20(23(25)29)22(16)32(26,30)31/h2-13H,24H2,1H3,(H2,25,29)(H,27,28)(H2,26,30,31). The summed E-state index contributed by atoms with van der Waals surface area (Å²) in [6, 6.07) is 17.4. The van der Waals surface area contributed by atoms with Gasteiger partial charge >= 0.3 is 0 Å². The van der Waals surface area contributed by atoms with E-state index >= 15 is 0 Å². The largest absolute Gasteiger partial charge is 0.398 e. The molecule has 0 fully saturated rings. The van der Waals surface area contributed by atoms with E-state index in [4.69, 9.17) is 16.6 Å². The van der Waals surface area contributed by atoms with Gasteiger partial charge < -0.3 is 16.8 Å². The second-order valence-electron chi connectivity index (χ2n) is 7.10. The molecule has 32 heavy (non-hydrogen) atoms. The van der Waals surface area contributed by atoms with E-state index < -0.39 is 32.3 Å². The lowest BCUT2D eigenvalue weighted by Gasteiger charge is -2.16. The molecule has 2 amide bonds. The van der Waals surface area contributed by atoms with Crippen LogP contribution < -0.4 is 21.9 Å². The average molecular weight is 451 g/mol. The van der Waals surface area contributed by atoms with Crippen molar-refractivity contribution in [3.8, 4) is 11.1 Å². The fourth-order valence-electron chi connectivity index (χ4n) is 3.30. The first-order valence-electron chi connectivity index (χ1n) is 9.48. The number of primary amides is 1. The molecule has 0 aromatic heterocycles. The molecular formula is C23H22N4O4S. The van der Waals surface area contributed by atoms with Crippen molar-refractivity contribution >= 4 is 39.3 Å². The number of benzene rings is 3. The lowest BCUT2D eigenvalue weighted by molar-refractivity contribution is -0.111. The first-order chi connectivity index (χ1) is 15.1. The number of carbonyl (C=O) groups excluding carboxylic acids is 2. The zero-order valence-electron chi connectivity index (χ0n) is 17.2. The Morgan fingerprint density at radius 1 is 1.00 bits per heavy atom. The van der Waals surface area contributed by atoms with Gasteiger partial charge in [0.1, 0.15) is 4.90 Å². The molecule has 0 aliphatic heterocycles. The number of nitrogen functional groups attached to an aromatic ring is 1. The van der Waals surface area contributed by atoms with Gasteiger partial charge in [0.15, 0.2) is 0 Å². The Morgan fingerprint density at radius 3 is 2.28 bits per heavy atom. The van der Waals surface area contributed by atoms with Crippen LogP contribution in [0.15, 0.2) is 71.6 Å². The third-order valence-electron chi connectivity index (χ3n) is 4.66. The number of nitrogens with one attached hydrogen (secondary N) is 1. The van der Waals surface area contributed by atoms with E-state index in [0.717, 1.165) is 11.6 Å². The minimum absolute atomic E-state index is 0.00810. The van der Waals surface area contributed by atoms with Gasteiger partial charge in [-0.25, -0.2) is 13.6 Å². The Kier molecular flexibility index (Phi) is 6.42.